The van der Waals surface area contributed by atoms with Crippen molar-refractivity contribution in [3.05, 3.63) is 64.5 Å². The van der Waals surface area contributed by atoms with E-state index in [-0.39, 0.29) is 0 Å². The molecular weight excluding hydrogens is 320 g/mol. The van der Waals surface area contributed by atoms with Gasteiger partial charge in [-0.15, -0.1) is 23.1 Å². The molecule has 2 aromatic carbocycles. The van der Waals surface area contributed by atoms with E-state index in [2.05, 4.69) is 29.2 Å². The fourth-order valence-corrected chi connectivity index (χ4v) is 3.71. The first-order valence-corrected chi connectivity index (χ1v) is 8.64. The second-order valence-electron chi connectivity index (χ2n) is 4.49. The quantitative estimate of drug-likeness (QED) is 0.655. The molecule has 0 aliphatic carbocycles. The Labute approximate surface area is 137 Å². The lowest BCUT2D eigenvalue weighted by Gasteiger charge is -2.08. The Hall–Kier alpha value is -1.49. The summed E-state index contributed by atoms with van der Waals surface area (Å²) in [7, 11) is 0. The number of nitrogens with zero attached hydrogens (tertiary/aromatic N) is 1. The molecule has 2 N–H and O–H groups in total. The van der Waals surface area contributed by atoms with Gasteiger partial charge in [-0.2, -0.15) is 0 Å². The van der Waals surface area contributed by atoms with Crippen molar-refractivity contribution in [2.24, 2.45) is 0 Å². The van der Waals surface area contributed by atoms with Gasteiger partial charge in [0.25, 0.3) is 0 Å². The highest BCUT2D eigenvalue weighted by Gasteiger charge is 2.10. The van der Waals surface area contributed by atoms with Gasteiger partial charge in [0.15, 0.2) is 5.13 Å². The van der Waals surface area contributed by atoms with Gasteiger partial charge in [-0.3, -0.25) is 0 Å². The molecule has 2 nitrogen and oxygen atoms in total. The third-order valence-corrected chi connectivity index (χ3v) is 5.03. The van der Waals surface area contributed by atoms with E-state index in [9.17, 15) is 0 Å². The third-order valence-electron chi connectivity index (χ3n) is 2.98. The minimum atomic E-state index is 0.573. The van der Waals surface area contributed by atoms with Crippen molar-refractivity contribution in [1.82, 2.24) is 4.98 Å². The van der Waals surface area contributed by atoms with Gasteiger partial charge in [0.1, 0.15) is 0 Å². The smallest absolute Gasteiger partial charge is 0.180 e. The van der Waals surface area contributed by atoms with Crippen molar-refractivity contribution >= 4 is 39.8 Å². The van der Waals surface area contributed by atoms with Crippen LogP contribution >= 0.6 is 34.7 Å². The van der Waals surface area contributed by atoms with E-state index >= 15 is 0 Å². The summed E-state index contributed by atoms with van der Waals surface area (Å²) in [6.07, 6.45) is 0. The molecule has 0 bridgehead atoms. The van der Waals surface area contributed by atoms with E-state index in [0.717, 1.165) is 21.9 Å². The second kappa shape index (κ2) is 6.52. The zero-order valence-electron chi connectivity index (χ0n) is 11.1. The van der Waals surface area contributed by atoms with E-state index in [1.807, 2.05) is 29.6 Å². The van der Waals surface area contributed by atoms with Gasteiger partial charge in [0.2, 0.25) is 0 Å². The molecule has 1 heterocycles. The summed E-state index contributed by atoms with van der Waals surface area (Å²) in [6.45, 7) is 0. The lowest BCUT2D eigenvalue weighted by Crippen LogP contribution is -1.87. The van der Waals surface area contributed by atoms with Crippen LogP contribution in [0.4, 0.5) is 5.13 Å². The summed E-state index contributed by atoms with van der Waals surface area (Å²) in [5, 5.41) is 3.25. The Kier molecular flexibility index (Phi) is 4.48. The van der Waals surface area contributed by atoms with Crippen LogP contribution in [-0.4, -0.2) is 4.98 Å². The average Bonchev–Trinajstić information content (AvgIpc) is 2.93. The fourth-order valence-electron chi connectivity index (χ4n) is 1.97. The number of benzene rings is 2. The molecule has 0 aliphatic rings. The highest BCUT2D eigenvalue weighted by atomic mass is 35.5. The van der Waals surface area contributed by atoms with Crippen LogP contribution in [-0.2, 0) is 5.75 Å². The van der Waals surface area contributed by atoms with Crippen LogP contribution in [0, 0.1) is 0 Å². The lowest BCUT2D eigenvalue weighted by molar-refractivity contribution is 1.34. The SMILES string of the molecule is Nc1nc(-c2cc(Cl)ccc2SCc2ccccc2)cs1. The molecule has 3 rings (SSSR count). The average molecular weight is 333 g/mol. The summed E-state index contributed by atoms with van der Waals surface area (Å²) < 4.78 is 0. The zero-order chi connectivity index (χ0) is 14.7. The van der Waals surface area contributed by atoms with Crippen molar-refractivity contribution in [3.63, 3.8) is 0 Å². The van der Waals surface area contributed by atoms with Crippen LogP contribution in [0.25, 0.3) is 11.3 Å². The molecule has 0 amide bonds. The Bertz CT molecular complexity index is 741. The van der Waals surface area contributed by atoms with E-state index in [1.165, 1.54) is 16.9 Å². The monoisotopic (exact) mass is 332 g/mol. The van der Waals surface area contributed by atoms with Crippen LogP contribution in [0.15, 0.2) is 58.8 Å². The van der Waals surface area contributed by atoms with Crippen LogP contribution in [0.1, 0.15) is 5.56 Å². The van der Waals surface area contributed by atoms with Crippen molar-refractivity contribution in [1.29, 1.82) is 0 Å². The predicted molar refractivity (Wildman–Crippen MR) is 93.0 cm³/mol. The molecule has 3 aromatic rings. The molecule has 1 aromatic heterocycles. The van der Waals surface area contributed by atoms with Crippen molar-refractivity contribution in [3.8, 4) is 11.3 Å². The number of rotatable bonds is 4. The van der Waals surface area contributed by atoms with E-state index in [1.54, 1.807) is 11.8 Å². The van der Waals surface area contributed by atoms with Crippen LogP contribution in [0.3, 0.4) is 0 Å². The number of hydrogen-bond donors (Lipinski definition) is 1. The molecule has 0 radical (unpaired) electrons. The maximum atomic E-state index is 6.13. The Balaban J connectivity index is 1.88. The molecule has 5 heteroatoms. The molecule has 0 spiro atoms. The normalized spacial score (nSPS) is 10.7. The van der Waals surface area contributed by atoms with Crippen molar-refractivity contribution in [2.75, 3.05) is 5.73 Å². The molecule has 0 atom stereocenters. The molecule has 0 fully saturated rings. The molecule has 0 saturated heterocycles. The van der Waals surface area contributed by atoms with Crippen LogP contribution < -0.4 is 5.73 Å². The summed E-state index contributed by atoms with van der Waals surface area (Å²) in [5.74, 6) is 0.912. The Morgan fingerprint density at radius 2 is 1.95 bits per heavy atom. The van der Waals surface area contributed by atoms with Crippen molar-refractivity contribution in [2.45, 2.75) is 10.6 Å². The summed E-state index contributed by atoms with van der Waals surface area (Å²) in [6, 6.07) is 16.3. The van der Waals surface area contributed by atoms with Gasteiger partial charge in [0, 0.05) is 26.6 Å². The van der Waals surface area contributed by atoms with E-state index in [0.29, 0.717) is 10.2 Å². The van der Waals surface area contributed by atoms with Gasteiger partial charge in [-0.1, -0.05) is 41.9 Å². The zero-order valence-corrected chi connectivity index (χ0v) is 13.5. The number of anilines is 1. The molecule has 0 unspecified atom stereocenters. The number of nitrogen functional groups attached to an aromatic ring is 1. The summed E-state index contributed by atoms with van der Waals surface area (Å²) in [4.78, 5) is 5.52. The van der Waals surface area contributed by atoms with E-state index < -0.39 is 0 Å². The molecule has 21 heavy (non-hydrogen) atoms. The molecule has 0 aliphatic heterocycles. The highest BCUT2D eigenvalue weighted by molar-refractivity contribution is 7.98. The summed E-state index contributed by atoms with van der Waals surface area (Å²) >= 11 is 9.35. The van der Waals surface area contributed by atoms with Crippen LogP contribution in [0.2, 0.25) is 5.02 Å². The van der Waals surface area contributed by atoms with Crippen molar-refractivity contribution < 1.29 is 0 Å². The number of thioether (sulfide) groups is 1. The molecular formula is C16H13ClN2S2. The first-order chi connectivity index (χ1) is 10.2. The largest absolute Gasteiger partial charge is 0.375 e. The first-order valence-electron chi connectivity index (χ1n) is 6.40. The highest BCUT2D eigenvalue weighted by Crippen LogP contribution is 2.36. The van der Waals surface area contributed by atoms with Gasteiger partial charge in [0.05, 0.1) is 5.69 Å². The standard InChI is InChI=1S/C16H13ClN2S2/c17-12-6-7-15(20-9-11-4-2-1-3-5-11)13(8-12)14-10-21-16(18)19-14/h1-8,10H,9H2,(H2,18,19). The molecule has 106 valence electrons. The van der Waals surface area contributed by atoms with Gasteiger partial charge < -0.3 is 5.73 Å². The summed E-state index contributed by atoms with van der Waals surface area (Å²) in [5.41, 5.74) is 8.95. The van der Waals surface area contributed by atoms with E-state index in [4.69, 9.17) is 17.3 Å². The maximum absolute atomic E-state index is 6.13. The minimum Gasteiger partial charge on any atom is -0.375 e. The Morgan fingerprint density at radius 1 is 1.14 bits per heavy atom. The third kappa shape index (κ3) is 3.59. The molecule has 0 saturated carbocycles. The number of nitrogens with two attached hydrogens (primary N) is 1. The number of thiazole rings is 1. The van der Waals surface area contributed by atoms with Gasteiger partial charge in [-0.05, 0) is 23.8 Å². The van der Waals surface area contributed by atoms with Gasteiger partial charge >= 0.3 is 0 Å². The second-order valence-corrected chi connectivity index (χ2v) is 6.83. The fraction of sp³-hybridized carbons (Fsp3) is 0.0625. The topological polar surface area (TPSA) is 38.9 Å². The predicted octanol–water partition coefficient (Wildman–Crippen LogP) is 5.34. The number of halogens is 1. The maximum Gasteiger partial charge on any atom is 0.180 e. The number of aromatic nitrogens is 1. The van der Waals surface area contributed by atoms with Crippen LogP contribution in [0.5, 0.6) is 0 Å². The Morgan fingerprint density at radius 3 is 2.67 bits per heavy atom. The number of hydrogen-bond acceptors (Lipinski definition) is 4. The van der Waals surface area contributed by atoms with Gasteiger partial charge in [-0.25, -0.2) is 4.98 Å². The lowest BCUT2D eigenvalue weighted by atomic mass is 10.2. The minimum absolute atomic E-state index is 0.573. The first kappa shape index (κ1) is 14.4.